The van der Waals surface area contributed by atoms with Gasteiger partial charge >= 0.3 is 6.09 Å². The van der Waals surface area contributed by atoms with E-state index in [9.17, 15) is 9.18 Å². The van der Waals surface area contributed by atoms with Crippen molar-refractivity contribution in [1.82, 2.24) is 4.98 Å². The number of nitrogens with one attached hydrogen (secondary N) is 1. The minimum absolute atomic E-state index is 0.139. The molecule has 0 bridgehead atoms. The summed E-state index contributed by atoms with van der Waals surface area (Å²) in [6.07, 6.45) is 11.2. The highest BCUT2D eigenvalue weighted by molar-refractivity contribution is 5.84. The lowest BCUT2D eigenvalue weighted by Crippen LogP contribution is -2.27. The molecular weight excluding hydrogens is 427 g/mol. The Morgan fingerprint density at radius 2 is 1.85 bits per heavy atom. The Balaban J connectivity index is 1.29. The van der Waals surface area contributed by atoms with Crippen molar-refractivity contribution in [2.24, 2.45) is 17.8 Å². The first-order valence-corrected chi connectivity index (χ1v) is 12.1. The van der Waals surface area contributed by atoms with Gasteiger partial charge in [0.2, 0.25) is 0 Å². The maximum absolute atomic E-state index is 13.5. The van der Waals surface area contributed by atoms with Gasteiger partial charge in [-0.3, -0.25) is 10.3 Å². The van der Waals surface area contributed by atoms with Crippen LogP contribution in [0.15, 0.2) is 79.0 Å². The number of ether oxygens (including phenoxy) is 1. The van der Waals surface area contributed by atoms with Gasteiger partial charge in [-0.2, -0.15) is 0 Å². The predicted octanol–water partition coefficient (Wildman–Crippen LogP) is 7.34. The van der Waals surface area contributed by atoms with E-state index < -0.39 is 6.09 Å². The highest BCUT2D eigenvalue weighted by Gasteiger charge is 2.44. The minimum Gasteiger partial charge on any atom is -0.445 e. The molecule has 174 valence electrons. The quantitative estimate of drug-likeness (QED) is 0.437. The monoisotopic (exact) mass is 456 g/mol. The molecule has 2 aliphatic carbocycles. The van der Waals surface area contributed by atoms with Crippen LogP contribution in [0.4, 0.5) is 14.9 Å². The number of fused-ring (bicyclic) bond motifs is 1. The molecule has 2 aromatic carbocycles. The van der Waals surface area contributed by atoms with Gasteiger partial charge in [0.25, 0.3) is 0 Å². The standard InChI is InChI=1S/C29H29FN2O2/c30-23-9-6-8-20(17-23)22-13-14-24(31-19-22)15-16-27-26-12-5-4-7-21(26)18-28(27)34-29(33)32-25-10-2-1-3-11-25/h1-3,6,8-11,13-17,19,21,26-28H,4-5,7,12,18H2,(H,32,33)/b16-15+/t21-,26-,27+,28+/m1/s1. The highest BCUT2D eigenvalue weighted by atomic mass is 19.1. The van der Waals surface area contributed by atoms with E-state index >= 15 is 0 Å². The summed E-state index contributed by atoms with van der Waals surface area (Å²) < 4.78 is 19.5. The molecule has 1 amide bonds. The number of carbonyl (C=O) groups is 1. The summed E-state index contributed by atoms with van der Waals surface area (Å²) in [4.78, 5) is 17.2. The van der Waals surface area contributed by atoms with E-state index in [-0.39, 0.29) is 17.8 Å². The Bertz CT molecular complexity index is 1150. The molecule has 2 saturated carbocycles. The van der Waals surface area contributed by atoms with Gasteiger partial charge in [-0.1, -0.05) is 61.7 Å². The normalized spacial score (nSPS) is 24.0. The molecule has 4 atom stereocenters. The van der Waals surface area contributed by atoms with Gasteiger partial charge in [0.15, 0.2) is 0 Å². The molecule has 1 aromatic heterocycles. The van der Waals surface area contributed by atoms with Crippen molar-refractivity contribution in [3.05, 3.63) is 90.5 Å². The van der Waals surface area contributed by atoms with Crippen molar-refractivity contribution in [2.75, 3.05) is 5.32 Å². The number of anilines is 1. The second-order valence-corrected chi connectivity index (χ2v) is 9.30. The van der Waals surface area contributed by atoms with Gasteiger partial charge < -0.3 is 4.74 Å². The third-order valence-corrected chi connectivity index (χ3v) is 7.14. The van der Waals surface area contributed by atoms with Crippen LogP contribution in [0.3, 0.4) is 0 Å². The number of aromatic nitrogens is 1. The van der Waals surface area contributed by atoms with Crippen molar-refractivity contribution in [2.45, 2.75) is 38.2 Å². The van der Waals surface area contributed by atoms with Gasteiger partial charge in [0.1, 0.15) is 11.9 Å². The van der Waals surface area contributed by atoms with Crippen molar-refractivity contribution in [3.63, 3.8) is 0 Å². The first-order chi connectivity index (χ1) is 16.7. The average Bonchev–Trinajstić information content (AvgIpc) is 3.20. The van der Waals surface area contributed by atoms with E-state index in [4.69, 9.17) is 4.74 Å². The maximum Gasteiger partial charge on any atom is 0.411 e. The van der Waals surface area contributed by atoms with E-state index in [0.717, 1.165) is 28.9 Å². The number of para-hydroxylation sites is 1. The molecule has 34 heavy (non-hydrogen) atoms. The van der Waals surface area contributed by atoms with Gasteiger partial charge in [-0.05, 0) is 66.6 Å². The third-order valence-electron chi connectivity index (χ3n) is 7.14. The van der Waals surface area contributed by atoms with Gasteiger partial charge in [-0.15, -0.1) is 0 Å². The topological polar surface area (TPSA) is 51.2 Å². The van der Waals surface area contributed by atoms with Crippen LogP contribution >= 0.6 is 0 Å². The van der Waals surface area contributed by atoms with Crippen molar-refractivity contribution in [1.29, 1.82) is 0 Å². The Morgan fingerprint density at radius 1 is 1.00 bits per heavy atom. The van der Waals surface area contributed by atoms with Crippen LogP contribution in [0, 0.1) is 23.6 Å². The number of hydrogen-bond acceptors (Lipinski definition) is 3. The number of pyridine rings is 1. The van der Waals surface area contributed by atoms with Gasteiger partial charge in [-0.25, -0.2) is 9.18 Å². The number of nitrogens with zero attached hydrogens (tertiary/aromatic N) is 1. The zero-order valence-electron chi connectivity index (χ0n) is 19.1. The number of carbonyl (C=O) groups excluding carboxylic acids is 1. The third kappa shape index (κ3) is 5.19. The predicted molar refractivity (Wildman–Crippen MR) is 133 cm³/mol. The van der Waals surface area contributed by atoms with Gasteiger partial charge in [0.05, 0.1) is 5.69 Å². The zero-order valence-corrected chi connectivity index (χ0v) is 19.1. The Hall–Kier alpha value is -3.47. The molecule has 0 spiro atoms. The molecule has 4 nitrogen and oxygen atoms in total. The number of benzene rings is 2. The Morgan fingerprint density at radius 3 is 2.65 bits per heavy atom. The molecule has 2 aliphatic rings. The molecule has 0 aliphatic heterocycles. The molecule has 0 saturated heterocycles. The van der Waals surface area contributed by atoms with Crippen LogP contribution in [-0.4, -0.2) is 17.2 Å². The van der Waals surface area contributed by atoms with Crippen LogP contribution in [0.2, 0.25) is 0 Å². The molecule has 0 unspecified atom stereocenters. The van der Waals surface area contributed by atoms with E-state index in [1.807, 2.05) is 54.6 Å². The fraction of sp³-hybridized carbons (Fsp3) is 0.310. The first kappa shape index (κ1) is 22.3. The van der Waals surface area contributed by atoms with Crippen molar-refractivity contribution < 1.29 is 13.9 Å². The van der Waals surface area contributed by atoms with Gasteiger partial charge in [0, 0.05) is 23.4 Å². The van der Waals surface area contributed by atoms with Crippen molar-refractivity contribution >= 4 is 17.9 Å². The smallest absolute Gasteiger partial charge is 0.411 e. The van der Waals surface area contributed by atoms with Crippen LogP contribution in [-0.2, 0) is 4.74 Å². The van der Waals surface area contributed by atoms with Crippen LogP contribution < -0.4 is 5.32 Å². The largest absolute Gasteiger partial charge is 0.445 e. The lowest BCUT2D eigenvalue weighted by molar-refractivity contribution is 0.0921. The lowest BCUT2D eigenvalue weighted by Gasteiger charge is -2.28. The summed E-state index contributed by atoms with van der Waals surface area (Å²) in [7, 11) is 0. The molecule has 3 aromatic rings. The van der Waals surface area contributed by atoms with E-state index in [1.54, 1.807) is 12.3 Å². The maximum atomic E-state index is 13.5. The summed E-state index contributed by atoms with van der Waals surface area (Å²) >= 11 is 0. The van der Waals surface area contributed by atoms with Crippen LogP contribution in [0.25, 0.3) is 17.2 Å². The molecule has 1 heterocycles. The molecule has 0 radical (unpaired) electrons. The molecule has 5 rings (SSSR count). The lowest BCUT2D eigenvalue weighted by atomic mass is 9.78. The second-order valence-electron chi connectivity index (χ2n) is 9.30. The van der Waals surface area contributed by atoms with E-state index in [2.05, 4.69) is 16.4 Å². The van der Waals surface area contributed by atoms with Crippen LogP contribution in [0.5, 0.6) is 0 Å². The summed E-state index contributed by atoms with van der Waals surface area (Å²) in [5.41, 5.74) is 3.26. The fourth-order valence-electron chi connectivity index (χ4n) is 5.52. The first-order valence-electron chi connectivity index (χ1n) is 12.1. The summed E-state index contributed by atoms with van der Waals surface area (Å²) in [6.45, 7) is 0. The minimum atomic E-state index is -0.397. The average molecular weight is 457 g/mol. The number of halogens is 1. The Kier molecular flexibility index (Phi) is 6.70. The summed E-state index contributed by atoms with van der Waals surface area (Å²) in [5, 5.41) is 2.85. The van der Waals surface area contributed by atoms with Crippen molar-refractivity contribution in [3.8, 4) is 11.1 Å². The second kappa shape index (κ2) is 10.2. The highest BCUT2D eigenvalue weighted by Crippen LogP contribution is 2.48. The summed E-state index contributed by atoms with van der Waals surface area (Å²) in [5.74, 6) is 1.05. The molecule has 5 heteroatoms. The molecule has 2 fully saturated rings. The Labute approximate surface area is 199 Å². The zero-order chi connectivity index (χ0) is 23.3. The number of rotatable bonds is 5. The summed E-state index contributed by atoms with van der Waals surface area (Å²) in [6, 6.07) is 19.8. The van der Waals surface area contributed by atoms with Crippen LogP contribution in [0.1, 0.15) is 37.8 Å². The number of amides is 1. The SMILES string of the molecule is O=C(Nc1ccccc1)O[C@H]1C[C@H]2CCCC[C@H]2[C@@H]1/C=C/c1ccc(-c2cccc(F)c2)cn1. The number of hydrogen-bond donors (Lipinski definition) is 1. The van der Waals surface area contributed by atoms with E-state index in [1.165, 1.54) is 37.8 Å². The van der Waals surface area contributed by atoms with E-state index in [0.29, 0.717) is 11.8 Å². The fourth-order valence-corrected chi connectivity index (χ4v) is 5.52. The molecule has 1 N–H and O–H groups in total. The molecular formula is C29H29FN2O2.